The molecule has 0 bridgehead atoms. The van der Waals surface area contributed by atoms with Crippen molar-refractivity contribution in [2.45, 2.75) is 25.7 Å². The first-order valence-corrected chi connectivity index (χ1v) is 8.93. The van der Waals surface area contributed by atoms with Crippen molar-refractivity contribution in [3.05, 3.63) is 83.9 Å². The fourth-order valence-electron chi connectivity index (χ4n) is 4.30. The van der Waals surface area contributed by atoms with Gasteiger partial charge < -0.3 is 0 Å². The molecule has 0 radical (unpaired) electrons. The van der Waals surface area contributed by atoms with E-state index in [-0.39, 0.29) is 0 Å². The van der Waals surface area contributed by atoms with Crippen molar-refractivity contribution in [2.24, 2.45) is 0 Å². The lowest BCUT2D eigenvalue weighted by atomic mass is 9.86. The Balaban J connectivity index is 1.84. The highest BCUT2D eigenvalue weighted by molar-refractivity contribution is 6.13. The maximum Gasteiger partial charge on any atom is -0.00990 e. The predicted molar refractivity (Wildman–Crippen MR) is 104 cm³/mol. The van der Waals surface area contributed by atoms with Gasteiger partial charge in [-0.15, -0.1) is 0 Å². The molecule has 0 amide bonds. The first kappa shape index (κ1) is 13.8. The van der Waals surface area contributed by atoms with E-state index in [1.807, 2.05) is 0 Å². The van der Waals surface area contributed by atoms with E-state index in [1.54, 1.807) is 11.1 Å². The summed E-state index contributed by atoms with van der Waals surface area (Å²) in [5.41, 5.74) is 5.77. The number of hydrogen-bond acceptors (Lipinski definition) is 0. The molecule has 0 aromatic heterocycles. The number of fused-ring (bicyclic) bond motifs is 5. The van der Waals surface area contributed by atoms with E-state index in [2.05, 4.69) is 72.8 Å². The van der Waals surface area contributed by atoms with Crippen molar-refractivity contribution in [3.8, 4) is 11.1 Å². The quantitative estimate of drug-likeness (QED) is 0.350. The molecule has 0 aliphatic heterocycles. The molecule has 0 heterocycles. The Bertz CT molecular complexity index is 1040. The normalized spacial score (nSPS) is 14.0. The molecule has 0 atom stereocenters. The van der Waals surface area contributed by atoms with Gasteiger partial charge in [-0.1, -0.05) is 72.8 Å². The third-order valence-corrected chi connectivity index (χ3v) is 5.47. The van der Waals surface area contributed by atoms with Crippen LogP contribution in [0.3, 0.4) is 0 Å². The van der Waals surface area contributed by atoms with E-state index >= 15 is 0 Å². The lowest BCUT2D eigenvalue weighted by Gasteiger charge is -2.19. The summed E-state index contributed by atoms with van der Waals surface area (Å²) in [7, 11) is 0. The lowest BCUT2D eigenvalue weighted by molar-refractivity contribution is 0.690. The van der Waals surface area contributed by atoms with Gasteiger partial charge in [-0.2, -0.15) is 0 Å². The molecule has 0 heteroatoms. The fourth-order valence-corrected chi connectivity index (χ4v) is 4.30. The molecule has 0 nitrogen and oxygen atoms in total. The zero-order valence-corrected chi connectivity index (χ0v) is 13.8. The summed E-state index contributed by atoms with van der Waals surface area (Å²) in [6.07, 6.45) is 5.14. The molecule has 0 saturated heterocycles. The van der Waals surface area contributed by atoms with Gasteiger partial charge in [0.05, 0.1) is 0 Å². The Kier molecular flexibility index (Phi) is 3.16. The van der Waals surface area contributed by atoms with Crippen LogP contribution in [0.5, 0.6) is 0 Å². The number of benzene rings is 4. The Labute approximate surface area is 142 Å². The molecule has 5 rings (SSSR count). The molecular weight excluding hydrogens is 288 g/mol. The van der Waals surface area contributed by atoms with Crippen molar-refractivity contribution in [2.75, 3.05) is 0 Å². The minimum Gasteiger partial charge on any atom is -0.0622 e. The molecule has 4 aromatic carbocycles. The molecule has 0 spiro atoms. The Morgan fingerprint density at radius 3 is 2.17 bits per heavy atom. The SMILES string of the molecule is c1ccc(-c2cccc3c2ccc2c4c(ccc23)CCCC4)cc1. The summed E-state index contributed by atoms with van der Waals surface area (Å²) >= 11 is 0. The van der Waals surface area contributed by atoms with Crippen LogP contribution in [0.1, 0.15) is 24.0 Å². The van der Waals surface area contributed by atoms with Crippen LogP contribution in [-0.4, -0.2) is 0 Å². The summed E-state index contributed by atoms with van der Waals surface area (Å²) in [6, 6.07) is 26.8. The van der Waals surface area contributed by atoms with Crippen LogP contribution in [0.15, 0.2) is 72.8 Å². The Morgan fingerprint density at radius 1 is 0.500 bits per heavy atom. The number of rotatable bonds is 1. The topological polar surface area (TPSA) is 0 Å². The molecule has 0 N–H and O–H groups in total. The van der Waals surface area contributed by atoms with E-state index in [0.29, 0.717) is 0 Å². The molecule has 0 unspecified atom stereocenters. The third kappa shape index (κ3) is 2.06. The first-order valence-electron chi connectivity index (χ1n) is 8.93. The number of hydrogen-bond donors (Lipinski definition) is 0. The lowest BCUT2D eigenvalue weighted by Crippen LogP contribution is -2.03. The van der Waals surface area contributed by atoms with Crippen LogP contribution >= 0.6 is 0 Å². The van der Waals surface area contributed by atoms with Gasteiger partial charge in [0.1, 0.15) is 0 Å². The van der Waals surface area contributed by atoms with Gasteiger partial charge in [0, 0.05) is 0 Å². The minimum absolute atomic E-state index is 1.23. The molecule has 1 aliphatic carbocycles. The standard InChI is InChI=1S/C24H20/c1-2-7-17(8-3-1)20-11-6-12-21-22(20)15-16-23-19-10-5-4-9-18(19)13-14-24(21)23/h1-3,6-8,11-16H,4-5,9-10H2. The van der Waals surface area contributed by atoms with Crippen LogP contribution in [0.2, 0.25) is 0 Å². The second-order valence-electron chi connectivity index (χ2n) is 6.84. The van der Waals surface area contributed by atoms with E-state index in [1.165, 1.54) is 58.4 Å². The second-order valence-corrected chi connectivity index (χ2v) is 6.84. The summed E-state index contributed by atoms with van der Waals surface area (Å²) < 4.78 is 0. The second kappa shape index (κ2) is 5.49. The van der Waals surface area contributed by atoms with E-state index in [4.69, 9.17) is 0 Å². The zero-order chi connectivity index (χ0) is 15.9. The van der Waals surface area contributed by atoms with Crippen LogP contribution in [0, 0.1) is 0 Å². The van der Waals surface area contributed by atoms with Gasteiger partial charge in [0.2, 0.25) is 0 Å². The van der Waals surface area contributed by atoms with Crippen molar-refractivity contribution < 1.29 is 0 Å². The minimum atomic E-state index is 1.23. The zero-order valence-electron chi connectivity index (χ0n) is 13.8. The Morgan fingerprint density at radius 2 is 1.25 bits per heavy atom. The maximum absolute atomic E-state index is 2.37. The van der Waals surface area contributed by atoms with Gasteiger partial charge in [-0.05, 0) is 69.5 Å². The summed E-state index contributed by atoms with van der Waals surface area (Å²) in [5.74, 6) is 0. The summed E-state index contributed by atoms with van der Waals surface area (Å²) in [5, 5.41) is 5.60. The van der Waals surface area contributed by atoms with Gasteiger partial charge in [0.25, 0.3) is 0 Å². The van der Waals surface area contributed by atoms with E-state index in [0.717, 1.165) is 0 Å². The monoisotopic (exact) mass is 308 g/mol. The van der Waals surface area contributed by atoms with Crippen LogP contribution in [-0.2, 0) is 12.8 Å². The van der Waals surface area contributed by atoms with Crippen LogP contribution in [0.4, 0.5) is 0 Å². The number of aryl methyl sites for hydroxylation is 2. The molecule has 4 aromatic rings. The molecule has 0 fully saturated rings. The summed E-state index contributed by atoms with van der Waals surface area (Å²) in [4.78, 5) is 0. The fraction of sp³-hybridized carbons (Fsp3) is 0.167. The van der Waals surface area contributed by atoms with Gasteiger partial charge >= 0.3 is 0 Å². The van der Waals surface area contributed by atoms with Crippen molar-refractivity contribution in [1.82, 2.24) is 0 Å². The third-order valence-electron chi connectivity index (χ3n) is 5.47. The molecule has 1 aliphatic rings. The van der Waals surface area contributed by atoms with E-state index in [9.17, 15) is 0 Å². The highest BCUT2D eigenvalue weighted by atomic mass is 14.2. The average molecular weight is 308 g/mol. The van der Waals surface area contributed by atoms with Crippen molar-refractivity contribution >= 4 is 21.5 Å². The van der Waals surface area contributed by atoms with E-state index < -0.39 is 0 Å². The molecule has 0 saturated carbocycles. The van der Waals surface area contributed by atoms with Gasteiger partial charge in [-0.3, -0.25) is 0 Å². The van der Waals surface area contributed by atoms with Crippen molar-refractivity contribution in [3.63, 3.8) is 0 Å². The predicted octanol–water partition coefficient (Wildman–Crippen LogP) is 6.54. The van der Waals surface area contributed by atoms with Gasteiger partial charge in [0.15, 0.2) is 0 Å². The Hall–Kier alpha value is -2.60. The molecule has 24 heavy (non-hydrogen) atoms. The first-order chi connectivity index (χ1) is 11.9. The highest BCUT2D eigenvalue weighted by Gasteiger charge is 2.14. The van der Waals surface area contributed by atoms with Gasteiger partial charge in [-0.25, -0.2) is 0 Å². The smallest absolute Gasteiger partial charge is 0.00990 e. The summed E-state index contributed by atoms with van der Waals surface area (Å²) in [6.45, 7) is 0. The molecule has 116 valence electrons. The van der Waals surface area contributed by atoms with Crippen LogP contribution < -0.4 is 0 Å². The van der Waals surface area contributed by atoms with Crippen molar-refractivity contribution in [1.29, 1.82) is 0 Å². The average Bonchev–Trinajstić information content (AvgIpc) is 2.67. The largest absolute Gasteiger partial charge is 0.0622 e. The molecular formula is C24H20. The highest BCUT2D eigenvalue weighted by Crippen LogP contribution is 2.36. The maximum atomic E-state index is 2.37. The van der Waals surface area contributed by atoms with Crippen LogP contribution in [0.25, 0.3) is 32.7 Å².